The second kappa shape index (κ2) is 8.19. The van der Waals surface area contributed by atoms with Crippen LogP contribution < -0.4 is 15.5 Å². The Morgan fingerprint density at radius 2 is 1.83 bits per heavy atom. The molecule has 7 heteroatoms. The smallest absolute Gasteiger partial charge is 0.251 e. The minimum Gasteiger partial charge on any atom is -0.347 e. The van der Waals surface area contributed by atoms with Crippen molar-refractivity contribution >= 4 is 29.3 Å². The molecule has 2 aromatic rings. The molecule has 3 rings (SSSR count). The van der Waals surface area contributed by atoms with Crippen molar-refractivity contribution in [2.24, 2.45) is 0 Å². The molecule has 0 fully saturated rings. The SMILES string of the molecule is CCC(CC)N1C(=O)Cc2cnc(Nc3ccc(C(=O)NC(C)(C)C)cc3)nc21. The Morgan fingerprint density at radius 1 is 1.17 bits per heavy atom. The van der Waals surface area contributed by atoms with E-state index in [0.717, 1.165) is 24.1 Å². The van der Waals surface area contributed by atoms with Crippen LogP contribution in [0.25, 0.3) is 0 Å². The predicted molar refractivity (Wildman–Crippen MR) is 115 cm³/mol. The minimum atomic E-state index is -0.287. The van der Waals surface area contributed by atoms with Crippen LogP contribution in [0.5, 0.6) is 0 Å². The van der Waals surface area contributed by atoms with Crippen molar-refractivity contribution in [3.05, 3.63) is 41.6 Å². The first-order valence-corrected chi connectivity index (χ1v) is 10.1. The van der Waals surface area contributed by atoms with Crippen molar-refractivity contribution < 1.29 is 9.59 Å². The van der Waals surface area contributed by atoms with E-state index in [-0.39, 0.29) is 23.4 Å². The quantitative estimate of drug-likeness (QED) is 0.776. The number of hydrogen-bond donors (Lipinski definition) is 2. The summed E-state index contributed by atoms with van der Waals surface area (Å²) in [6.45, 7) is 10.00. The second-order valence-electron chi connectivity index (χ2n) is 8.36. The Hall–Kier alpha value is -2.96. The van der Waals surface area contributed by atoms with Gasteiger partial charge in [0.1, 0.15) is 5.82 Å². The van der Waals surface area contributed by atoms with E-state index in [1.165, 1.54) is 0 Å². The number of nitrogens with one attached hydrogen (secondary N) is 2. The summed E-state index contributed by atoms with van der Waals surface area (Å²) < 4.78 is 0. The molecule has 0 unspecified atom stereocenters. The van der Waals surface area contributed by atoms with Crippen LogP contribution in [0, 0.1) is 0 Å². The summed E-state index contributed by atoms with van der Waals surface area (Å²) in [5, 5.41) is 6.11. The highest BCUT2D eigenvalue weighted by Gasteiger charge is 2.33. The van der Waals surface area contributed by atoms with Crippen molar-refractivity contribution in [1.29, 1.82) is 0 Å². The Labute approximate surface area is 171 Å². The van der Waals surface area contributed by atoms with E-state index in [9.17, 15) is 9.59 Å². The van der Waals surface area contributed by atoms with E-state index in [1.807, 2.05) is 37.8 Å². The summed E-state index contributed by atoms with van der Waals surface area (Å²) in [4.78, 5) is 35.5. The van der Waals surface area contributed by atoms with E-state index < -0.39 is 0 Å². The molecule has 1 aliphatic rings. The maximum atomic E-state index is 12.5. The Balaban J connectivity index is 1.77. The van der Waals surface area contributed by atoms with Gasteiger partial charge in [0, 0.05) is 34.6 Å². The van der Waals surface area contributed by atoms with Crippen molar-refractivity contribution in [3.8, 4) is 0 Å². The molecule has 0 radical (unpaired) electrons. The molecule has 1 aromatic carbocycles. The Bertz CT molecular complexity index is 898. The summed E-state index contributed by atoms with van der Waals surface area (Å²) in [5.41, 5.74) is 1.94. The summed E-state index contributed by atoms with van der Waals surface area (Å²) in [6.07, 6.45) is 3.83. The Morgan fingerprint density at radius 3 is 2.41 bits per heavy atom. The summed E-state index contributed by atoms with van der Waals surface area (Å²) in [5.74, 6) is 1.09. The van der Waals surface area contributed by atoms with Crippen LogP contribution in [0.3, 0.4) is 0 Å². The van der Waals surface area contributed by atoms with E-state index in [2.05, 4.69) is 34.4 Å². The fourth-order valence-corrected chi connectivity index (χ4v) is 3.43. The maximum absolute atomic E-state index is 12.5. The molecular weight excluding hydrogens is 366 g/mol. The van der Waals surface area contributed by atoms with E-state index >= 15 is 0 Å². The van der Waals surface area contributed by atoms with Gasteiger partial charge < -0.3 is 10.6 Å². The van der Waals surface area contributed by atoms with Crippen molar-refractivity contribution in [2.75, 3.05) is 10.2 Å². The highest BCUT2D eigenvalue weighted by molar-refractivity contribution is 6.00. The van der Waals surface area contributed by atoms with Crippen LogP contribution in [0.1, 0.15) is 63.4 Å². The molecular formula is C22H29N5O2. The average Bonchev–Trinajstić information content (AvgIpc) is 2.98. The van der Waals surface area contributed by atoms with Gasteiger partial charge in [0.2, 0.25) is 11.9 Å². The molecule has 0 bridgehead atoms. The molecule has 0 spiro atoms. The van der Waals surface area contributed by atoms with Gasteiger partial charge in [-0.25, -0.2) is 4.98 Å². The summed E-state index contributed by atoms with van der Waals surface area (Å²) in [7, 11) is 0. The number of carbonyl (C=O) groups excluding carboxylic acids is 2. The normalized spacial score (nSPS) is 13.6. The third kappa shape index (κ3) is 4.72. The molecule has 0 saturated heterocycles. The van der Waals surface area contributed by atoms with Gasteiger partial charge in [-0.2, -0.15) is 4.98 Å². The number of nitrogens with zero attached hydrogens (tertiary/aromatic N) is 3. The topological polar surface area (TPSA) is 87.2 Å². The van der Waals surface area contributed by atoms with Crippen molar-refractivity contribution in [3.63, 3.8) is 0 Å². The number of aromatic nitrogens is 2. The zero-order chi connectivity index (χ0) is 21.2. The fraction of sp³-hybridized carbons (Fsp3) is 0.455. The lowest BCUT2D eigenvalue weighted by molar-refractivity contribution is -0.117. The molecule has 0 saturated carbocycles. The molecule has 7 nitrogen and oxygen atoms in total. The third-order valence-electron chi connectivity index (χ3n) is 4.88. The first-order chi connectivity index (χ1) is 13.7. The van der Waals surface area contributed by atoms with Gasteiger partial charge in [0.15, 0.2) is 0 Å². The van der Waals surface area contributed by atoms with Crippen LogP contribution in [-0.2, 0) is 11.2 Å². The Kier molecular flexibility index (Phi) is 5.86. The van der Waals surface area contributed by atoms with E-state index in [4.69, 9.17) is 0 Å². The summed E-state index contributed by atoms with van der Waals surface area (Å²) >= 11 is 0. The number of rotatable bonds is 6. The van der Waals surface area contributed by atoms with Crippen LogP contribution in [0.4, 0.5) is 17.5 Å². The first-order valence-electron chi connectivity index (χ1n) is 10.1. The number of amides is 2. The van der Waals surface area contributed by atoms with E-state index in [0.29, 0.717) is 23.8 Å². The number of carbonyl (C=O) groups is 2. The molecule has 1 aliphatic heterocycles. The van der Waals surface area contributed by atoms with Gasteiger partial charge >= 0.3 is 0 Å². The third-order valence-corrected chi connectivity index (χ3v) is 4.88. The van der Waals surface area contributed by atoms with Gasteiger partial charge in [-0.05, 0) is 57.9 Å². The highest BCUT2D eigenvalue weighted by Crippen LogP contribution is 2.31. The van der Waals surface area contributed by atoms with Crippen molar-refractivity contribution in [2.45, 2.75) is 65.5 Å². The zero-order valence-corrected chi connectivity index (χ0v) is 17.7. The van der Waals surface area contributed by atoms with Crippen LogP contribution >= 0.6 is 0 Å². The molecule has 154 valence electrons. The number of benzene rings is 1. The lowest BCUT2D eigenvalue weighted by Gasteiger charge is -2.25. The molecule has 1 aromatic heterocycles. The molecule has 2 heterocycles. The highest BCUT2D eigenvalue weighted by atomic mass is 16.2. The van der Waals surface area contributed by atoms with Crippen LogP contribution in [0.2, 0.25) is 0 Å². The summed E-state index contributed by atoms with van der Waals surface area (Å²) in [6, 6.07) is 7.30. The molecule has 0 aliphatic carbocycles. The van der Waals surface area contributed by atoms with E-state index in [1.54, 1.807) is 18.3 Å². The maximum Gasteiger partial charge on any atom is 0.251 e. The number of fused-ring (bicyclic) bond motifs is 1. The second-order valence-corrected chi connectivity index (χ2v) is 8.36. The van der Waals surface area contributed by atoms with Gasteiger partial charge in [0.05, 0.1) is 6.42 Å². The molecule has 2 amide bonds. The van der Waals surface area contributed by atoms with Crippen molar-refractivity contribution in [1.82, 2.24) is 15.3 Å². The largest absolute Gasteiger partial charge is 0.347 e. The number of anilines is 3. The minimum absolute atomic E-state index is 0.0781. The standard InChI is InChI=1S/C22H29N5O2/c1-6-17(7-2)27-18(28)12-15-13-23-21(25-19(15)27)24-16-10-8-14(9-11-16)20(29)26-22(3,4)5/h8-11,13,17H,6-7,12H2,1-5H3,(H,26,29)(H,23,24,25). The fourth-order valence-electron chi connectivity index (χ4n) is 3.43. The lowest BCUT2D eigenvalue weighted by atomic mass is 10.1. The van der Waals surface area contributed by atoms with Crippen LogP contribution in [0.15, 0.2) is 30.5 Å². The molecule has 0 atom stereocenters. The lowest BCUT2D eigenvalue weighted by Crippen LogP contribution is -2.40. The number of hydrogen-bond acceptors (Lipinski definition) is 5. The van der Waals surface area contributed by atoms with Crippen LogP contribution in [-0.4, -0.2) is 33.4 Å². The predicted octanol–water partition coefficient (Wildman–Crippen LogP) is 3.83. The first kappa shape index (κ1) is 20.8. The average molecular weight is 396 g/mol. The molecule has 29 heavy (non-hydrogen) atoms. The van der Waals surface area contributed by atoms with Gasteiger partial charge in [-0.3, -0.25) is 14.5 Å². The zero-order valence-electron chi connectivity index (χ0n) is 17.7. The monoisotopic (exact) mass is 395 g/mol. The van der Waals surface area contributed by atoms with Gasteiger partial charge in [0.25, 0.3) is 5.91 Å². The van der Waals surface area contributed by atoms with Gasteiger partial charge in [-0.1, -0.05) is 13.8 Å². The molecule has 2 N–H and O–H groups in total. The van der Waals surface area contributed by atoms with Gasteiger partial charge in [-0.15, -0.1) is 0 Å².